The number of hydrogen-bond acceptors (Lipinski definition) is 1. The Bertz CT molecular complexity index is 793. The Morgan fingerprint density at radius 2 is 1.17 bits per heavy atom. The van der Waals surface area contributed by atoms with Crippen LogP contribution in [0.15, 0.2) is 97.6 Å². The van der Waals surface area contributed by atoms with Gasteiger partial charge in [0.1, 0.15) is 7.14 Å². The van der Waals surface area contributed by atoms with Crippen molar-refractivity contribution in [1.29, 1.82) is 0 Å². The molecule has 0 saturated heterocycles. The standard InChI is InChI=1S/C22H21OP/c1-2-9-19-14-16-20(17-15-19)18-24(23,21-10-5-3-6-11-21)22-12-7-4-8-13-22/h2-8,10-17H,1,9,18H2. The molecule has 3 aromatic rings. The lowest BCUT2D eigenvalue weighted by atomic mass is 10.1. The molecule has 1 nitrogen and oxygen atoms in total. The smallest absolute Gasteiger partial charge is 0.147 e. The minimum Gasteiger partial charge on any atom is -0.313 e. The summed E-state index contributed by atoms with van der Waals surface area (Å²) in [5.74, 6) is 0. The molecule has 0 atom stereocenters. The van der Waals surface area contributed by atoms with Crippen molar-refractivity contribution in [3.63, 3.8) is 0 Å². The molecule has 0 aromatic heterocycles. The minimum absolute atomic E-state index is 0.537. The molecule has 0 heterocycles. The lowest BCUT2D eigenvalue weighted by Crippen LogP contribution is -2.17. The molecule has 0 aliphatic heterocycles. The lowest BCUT2D eigenvalue weighted by molar-refractivity contribution is 0.586. The van der Waals surface area contributed by atoms with Gasteiger partial charge in [0.2, 0.25) is 0 Å². The summed E-state index contributed by atoms with van der Waals surface area (Å²) in [6.07, 6.45) is 3.29. The van der Waals surface area contributed by atoms with Gasteiger partial charge in [-0.2, -0.15) is 0 Å². The van der Waals surface area contributed by atoms with E-state index in [4.69, 9.17) is 0 Å². The number of benzene rings is 3. The summed E-state index contributed by atoms with van der Waals surface area (Å²) in [6, 6.07) is 28.0. The van der Waals surface area contributed by atoms with E-state index in [1.165, 1.54) is 5.56 Å². The van der Waals surface area contributed by atoms with Crippen molar-refractivity contribution in [2.45, 2.75) is 12.6 Å². The van der Waals surface area contributed by atoms with Gasteiger partial charge in [-0.25, -0.2) is 0 Å². The van der Waals surface area contributed by atoms with Gasteiger partial charge in [-0.3, -0.25) is 0 Å². The molecular formula is C22H21OP. The first-order valence-corrected chi connectivity index (χ1v) is 10.0. The largest absolute Gasteiger partial charge is 0.313 e. The fourth-order valence-electron chi connectivity index (χ4n) is 2.87. The van der Waals surface area contributed by atoms with Crippen molar-refractivity contribution in [1.82, 2.24) is 0 Å². The Morgan fingerprint density at radius 3 is 1.62 bits per heavy atom. The summed E-state index contributed by atoms with van der Waals surface area (Å²) in [7, 11) is -2.70. The molecule has 0 radical (unpaired) electrons. The van der Waals surface area contributed by atoms with Gasteiger partial charge in [-0.05, 0) is 17.5 Å². The molecule has 0 aliphatic rings. The molecule has 0 bridgehead atoms. The highest BCUT2D eigenvalue weighted by Gasteiger charge is 2.27. The molecule has 24 heavy (non-hydrogen) atoms. The summed E-state index contributed by atoms with van der Waals surface area (Å²) >= 11 is 0. The molecule has 0 saturated carbocycles. The van der Waals surface area contributed by atoms with Crippen LogP contribution < -0.4 is 10.6 Å². The molecule has 0 unspecified atom stereocenters. The molecule has 0 N–H and O–H groups in total. The summed E-state index contributed by atoms with van der Waals surface area (Å²) in [6.45, 7) is 3.77. The highest BCUT2D eigenvalue weighted by atomic mass is 31.2. The third-order valence-electron chi connectivity index (χ3n) is 4.15. The molecule has 3 rings (SSSR count). The first kappa shape index (κ1) is 16.5. The zero-order valence-electron chi connectivity index (χ0n) is 13.6. The molecule has 0 amide bonds. The topological polar surface area (TPSA) is 17.1 Å². The maximum Gasteiger partial charge on any atom is 0.147 e. The summed E-state index contributed by atoms with van der Waals surface area (Å²) in [5, 5.41) is 1.82. The van der Waals surface area contributed by atoms with Crippen molar-refractivity contribution in [3.05, 3.63) is 109 Å². The number of hydrogen-bond donors (Lipinski definition) is 0. The van der Waals surface area contributed by atoms with Crippen LogP contribution in [0.1, 0.15) is 11.1 Å². The van der Waals surface area contributed by atoms with E-state index in [1.54, 1.807) is 0 Å². The molecule has 0 spiro atoms. The third-order valence-corrected chi connectivity index (χ3v) is 7.23. The third kappa shape index (κ3) is 3.58. The van der Waals surface area contributed by atoms with Crippen LogP contribution in [0, 0.1) is 0 Å². The van der Waals surface area contributed by atoms with Crippen molar-refractivity contribution < 1.29 is 4.57 Å². The van der Waals surface area contributed by atoms with Gasteiger partial charge in [0.25, 0.3) is 0 Å². The Morgan fingerprint density at radius 1 is 0.708 bits per heavy atom. The van der Waals surface area contributed by atoms with Gasteiger partial charge in [-0.15, -0.1) is 6.58 Å². The second kappa shape index (κ2) is 7.47. The summed E-state index contributed by atoms with van der Waals surface area (Å²) < 4.78 is 14.0. The molecule has 0 fully saturated rings. The van der Waals surface area contributed by atoms with E-state index in [0.29, 0.717) is 6.16 Å². The van der Waals surface area contributed by atoms with Crippen molar-refractivity contribution in [3.8, 4) is 0 Å². The van der Waals surface area contributed by atoms with Gasteiger partial charge in [0.15, 0.2) is 0 Å². The quantitative estimate of drug-likeness (QED) is 0.462. The van der Waals surface area contributed by atoms with Crippen LogP contribution in [-0.4, -0.2) is 0 Å². The van der Waals surface area contributed by atoms with Crippen LogP contribution in [0.25, 0.3) is 0 Å². The summed E-state index contributed by atoms with van der Waals surface area (Å²) in [4.78, 5) is 0. The molecule has 120 valence electrons. The molecule has 3 aromatic carbocycles. The Hall–Kier alpha value is -2.37. The van der Waals surface area contributed by atoms with E-state index in [0.717, 1.165) is 22.6 Å². The fourth-order valence-corrected chi connectivity index (χ4v) is 5.57. The van der Waals surface area contributed by atoms with E-state index < -0.39 is 7.14 Å². The van der Waals surface area contributed by atoms with Crippen LogP contribution in [-0.2, 0) is 17.1 Å². The highest BCUT2D eigenvalue weighted by molar-refractivity contribution is 7.78. The van der Waals surface area contributed by atoms with E-state index in [9.17, 15) is 4.57 Å². The van der Waals surface area contributed by atoms with Crippen LogP contribution in [0.5, 0.6) is 0 Å². The average molecular weight is 332 g/mol. The van der Waals surface area contributed by atoms with Crippen molar-refractivity contribution in [2.24, 2.45) is 0 Å². The van der Waals surface area contributed by atoms with Crippen molar-refractivity contribution >= 4 is 17.8 Å². The fraction of sp³-hybridized carbons (Fsp3) is 0.0909. The number of rotatable bonds is 6. The summed E-state index contributed by atoms with van der Waals surface area (Å²) in [5.41, 5.74) is 2.32. The van der Waals surface area contributed by atoms with Gasteiger partial charge >= 0.3 is 0 Å². The van der Waals surface area contributed by atoms with Crippen LogP contribution in [0.3, 0.4) is 0 Å². The maximum absolute atomic E-state index is 14.0. The Kier molecular flexibility index (Phi) is 5.13. The molecule has 0 aliphatic carbocycles. The second-order valence-electron chi connectivity index (χ2n) is 5.88. The zero-order chi connectivity index (χ0) is 16.8. The van der Waals surface area contributed by atoms with Gasteiger partial charge < -0.3 is 4.57 Å². The number of allylic oxidation sites excluding steroid dienone is 1. The maximum atomic E-state index is 14.0. The van der Waals surface area contributed by atoms with E-state index in [-0.39, 0.29) is 0 Å². The highest BCUT2D eigenvalue weighted by Crippen LogP contribution is 2.46. The van der Waals surface area contributed by atoms with Gasteiger partial charge in [0.05, 0.1) is 0 Å². The average Bonchev–Trinajstić information content (AvgIpc) is 2.65. The second-order valence-corrected chi connectivity index (χ2v) is 8.71. The van der Waals surface area contributed by atoms with E-state index in [2.05, 4.69) is 30.8 Å². The van der Waals surface area contributed by atoms with E-state index >= 15 is 0 Å². The first-order valence-electron chi connectivity index (χ1n) is 8.11. The normalized spacial score (nSPS) is 11.2. The molecular weight excluding hydrogens is 311 g/mol. The van der Waals surface area contributed by atoms with Gasteiger partial charge in [0, 0.05) is 16.8 Å². The monoisotopic (exact) mass is 332 g/mol. The van der Waals surface area contributed by atoms with Gasteiger partial charge in [-0.1, -0.05) is 91.0 Å². The van der Waals surface area contributed by atoms with Crippen molar-refractivity contribution in [2.75, 3.05) is 0 Å². The first-order chi connectivity index (χ1) is 11.7. The SMILES string of the molecule is C=CCc1ccc(CP(=O)(c2ccccc2)c2ccccc2)cc1. The van der Waals surface area contributed by atoms with Crippen LogP contribution in [0.4, 0.5) is 0 Å². The minimum atomic E-state index is -2.70. The van der Waals surface area contributed by atoms with Crippen LogP contribution >= 0.6 is 7.14 Å². The predicted octanol–water partition coefficient (Wildman–Crippen LogP) is 4.93. The zero-order valence-corrected chi connectivity index (χ0v) is 14.5. The van der Waals surface area contributed by atoms with Crippen LogP contribution in [0.2, 0.25) is 0 Å². The lowest BCUT2D eigenvalue weighted by Gasteiger charge is -2.19. The molecule has 2 heteroatoms. The predicted molar refractivity (Wildman–Crippen MR) is 104 cm³/mol. The Labute approximate surface area is 144 Å². The van der Waals surface area contributed by atoms with E-state index in [1.807, 2.05) is 66.7 Å². The Balaban J connectivity index is 2.00.